The fourth-order valence-electron chi connectivity index (χ4n) is 4.40. The predicted octanol–water partition coefficient (Wildman–Crippen LogP) is 2.35. The summed E-state index contributed by atoms with van der Waals surface area (Å²) in [5.74, 6) is -0.369. The molecule has 2 atom stereocenters. The van der Waals surface area contributed by atoms with Crippen LogP contribution < -0.4 is 5.06 Å². The van der Waals surface area contributed by atoms with E-state index in [-0.39, 0.29) is 16.6 Å². The monoisotopic (exact) mass is 370 g/mol. The third-order valence-electron chi connectivity index (χ3n) is 5.66. The Kier molecular flexibility index (Phi) is 3.17. The zero-order valence-electron chi connectivity index (χ0n) is 14.3. The first-order valence-electron chi connectivity index (χ1n) is 8.64. The van der Waals surface area contributed by atoms with Crippen molar-refractivity contribution < 1.29 is 18.0 Å². The van der Waals surface area contributed by atoms with Crippen LogP contribution in [0.15, 0.2) is 53.4 Å². The zero-order valence-corrected chi connectivity index (χ0v) is 15.1. The number of rotatable bonds is 2. The molecule has 3 aliphatic rings. The number of hydroxylamine groups is 1. The third-order valence-corrected chi connectivity index (χ3v) is 7.56. The van der Waals surface area contributed by atoms with Crippen molar-refractivity contribution in [1.29, 1.82) is 0 Å². The van der Waals surface area contributed by atoms with E-state index in [4.69, 9.17) is 4.84 Å². The van der Waals surface area contributed by atoms with Gasteiger partial charge in [-0.1, -0.05) is 29.8 Å². The number of benzene rings is 2. The Bertz CT molecular complexity index is 1020. The van der Waals surface area contributed by atoms with Crippen LogP contribution in [0.4, 0.5) is 5.69 Å². The Hall–Kier alpha value is -2.22. The summed E-state index contributed by atoms with van der Waals surface area (Å²) in [6, 6.07) is 13.9. The SMILES string of the molecule is Cc1ccc(S(=O)(=O)N2CC[C@@H]3CON4c5ccccc5C(=O)[C@@]342)cc1. The second-order valence-corrected chi connectivity index (χ2v) is 8.90. The number of para-hydroxylation sites is 1. The number of anilines is 1. The maximum absolute atomic E-state index is 13.4. The van der Waals surface area contributed by atoms with E-state index < -0.39 is 15.7 Å². The third kappa shape index (κ3) is 1.78. The van der Waals surface area contributed by atoms with Gasteiger partial charge in [0.1, 0.15) is 0 Å². The van der Waals surface area contributed by atoms with Crippen LogP contribution in [0.3, 0.4) is 0 Å². The molecule has 6 nitrogen and oxygen atoms in total. The molecule has 134 valence electrons. The normalized spacial score (nSPS) is 27.5. The lowest BCUT2D eigenvalue weighted by molar-refractivity contribution is 0.0688. The summed E-state index contributed by atoms with van der Waals surface area (Å²) in [6.45, 7) is 2.56. The van der Waals surface area contributed by atoms with Crippen molar-refractivity contribution in [3.63, 3.8) is 0 Å². The van der Waals surface area contributed by atoms with E-state index in [9.17, 15) is 13.2 Å². The standard InChI is InChI=1S/C19H18N2O4S/c1-13-6-8-15(9-7-13)26(23,24)20-11-10-14-12-25-21-17-5-3-2-4-16(17)18(22)19(14,20)21/h2-9,14H,10-12H2,1H3/t14-,19-/m1/s1. The molecule has 0 N–H and O–H groups in total. The van der Waals surface area contributed by atoms with Gasteiger partial charge < -0.3 is 0 Å². The fraction of sp³-hybridized carbons (Fsp3) is 0.316. The van der Waals surface area contributed by atoms with Crippen molar-refractivity contribution in [1.82, 2.24) is 4.31 Å². The number of aryl methyl sites for hydroxylation is 1. The Labute approximate surface area is 152 Å². The van der Waals surface area contributed by atoms with Crippen LogP contribution in [0, 0.1) is 12.8 Å². The van der Waals surface area contributed by atoms with Gasteiger partial charge in [-0.3, -0.25) is 9.63 Å². The summed E-state index contributed by atoms with van der Waals surface area (Å²) in [7, 11) is -3.83. The van der Waals surface area contributed by atoms with Gasteiger partial charge in [-0.05, 0) is 37.6 Å². The van der Waals surface area contributed by atoms with Gasteiger partial charge in [0.15, 0.2) is 0 Å². The number of ketones is 1. The molecule has 2 aromatic rings. The molecule has 3 heterocycles. The van der Waals surface area contributed by atoms with Gasteiger partial charge in [0.25, 0.3) is 0 Å². The van der Waals surface area contributed by atoms with Gasteiger partial charge in [-0.15, -0.1) is 0 Å². The van der Waals surface area contributed by atoms with E-state index in [0.29, 0.717) is 30.8 Å². The molecular formula is C19H18N2O4S. The molecule has 7 heteroatoms. The van der Waals surface area contributed by atoms with Crippen LogP contribution in [0.2, 0.25) is 0 Å². The van der Waals surface area contributed by atoms with Crippen LogP contribution in [-0.2, 0) is 14.9 Å². The van der Waals surface area contributed by atoms with Crippen molar-refractivity contribution >= 4 is 21.5 Å². The van der Waals surface area contributed by atoms with E-state index in [1.165, 1.54) is 9.37 Å². The van der Waals surface area contributed by atoms with E-state index in [1.807, 2.05) is 13.0 Å². The minimum atomic E-state index is -3.83. The number of Topliss-reactive ketones (excluding diaryl/α,β-unsaturated/α-hetero) is 1. The average molecular weight is 370 g/mol. The zero-order chi connectivity index (χ0) is 18.1. The number of nitrogens with zero attached hydrogens (tertiary/aromatic N) is 2. The van der Waals surface area contributed by atoms with Crippen LogP contribution in [0.1, 0.15) is 22.3 Å². The first-order valence-corrected chi connectivity index (χ1v) is 10.1. The lowest BCUT2D eigenvalue weighted by Gasteiger charge is -2.36. The number of carbonyl (C=O) groups excluding carboxylic acids is 1. The fourth-order valence-corrected chi connectivity index (χ4v) is 6.16. The Morgan fingerprint density at radius 3 is 2.62 bits per heavy atom. The molecule has 0 radical (unpaired) electrons. The topological polar surface area (TPSA) is 66.9 Å². The second kappa shape index (κ2) is 5.16. The molecule has 0 unspecified atom stereocenters. The molecule has 2 saturated heterocycles. The van der Waals surface area contributed by atoms with Gasteiger partial charge >= 0.3 is 0 Å². The maximum Gasteiger partial charge on any atom is 0.245 e. The maximum atomic E-state index is 13.4. The van der Waals surface area contributed by atoms with Crippen molar-refractivity contribution in [2.45, 2.75) is 23.9 Å². The van der Waals surface area contributed by atoms with Crippen LogP contribution in [0.25, 0.3) is 0 Å². The largest absolute Gasteiger partial charge is 0.290 e. The summed E-state index contributed by atoms with van der Waals surface area (Å²) in [6.07, 6.45) is 0.599. The summed E-state index contributed by atoms with van der Waals surface area (Å²) in [4.78, 5) is 19.4. The van der Waals surface area contributed by atoms with Gasteiger partial charge in [-0.2, -0.15) is 4.31 Å². The van der Waals surface area contributed by atoms with E-state index in [1.54, 1.807) is 42.5 Å². The number of hydrogen-bond donors (Lipinski definition) is 0. The molecule has 0 amide bonds. The van der Waals surface area contributed by atoms with Crippen LogP contribution in [-0.4, -0.2) is 37.3 Å². The Balaban J connectivity index is 1.68. The molecule has 0 saturated carbocycles. The highest BCUT2D eigenvalue weighted by Gasteiger charge is 2.69. The molecule has 5 rings (SSSR count). The molecule has 0 aliphatic carbocycles. The molecule has 2 aromatic carbocycles. The van der Waals surface area contributed by atoms with Gasteiger partial charge in [0, 0.05) is 18.0 Å². The van der Waals surface area contributed by atoms with Crippen LogP contribution >= 0.6 is 0 Å². The summed E-state index contributed by atoms with van der Waals surface area (Å²) in [5.41, 5.74) is 0.846. The first kappa shape index (κ1) is 16.0. The first-order chi connectivity index (χ1) is 12.5. The Morgan fingerprint density at radius 2 is 1.85 bits per heavy atom. The Morgan fingerprint density at radius 1 is 1.12 bits per heavy atom. The summed E-state index contributed by atoms with van der Waals surface area (Å²) < 4.78 is 28.2. The highest BCUT2D eigenvalue weighted by atomic mass is 32.2. The minimum Gasteiger partial charge on any atom is -0.290 e. The molecule has 0 bridgehead atoms. The number of carbonyl (C=O) groups is 1. The van der Waals surface area contributed by atoms with E-state index >= 15 is 0 Å². The molecule has 2 fully saturated rings. The van der Waals surface area contributed by atoms with Crippen molar-refractivity contribution in [3.8, 4) is 0 Å². The number of fused-ring (bicyclic) bond motifs is 2. The molecule has 26 heavy (non-hydrogen) atoms. The van der Waals surface area contributed by atoms with Gasteiger partial charge in [0.05, 0.1) is 17.2 Å². The quantitative estimate of drug-likeness (QED) is 0.812. The van der Waals surface area contributed by atoms with Gasteiger partial charge in [0.2, 0.25) is 21.5 Å². The summed E-state index contributed by atoms with van der Waals surface area (Å²) in [5, 5.41) is 1.54. The van der Waals surface area contributed by atoms with Crippen molar-refractivity contribution in [2.75, 3.05) is 18.2 Å². The minimum absolute atomic E-state index is 0.178. The second-order valence-electron chi connectivity index (χ2n) is 7.04. The lowest BCUT2D eigenvalue weighted by Crippen LogP contribution is -2.60. The lowest BCUT2D eigenvalue weighted by atomic mass is 9.91. The summed E-state index contributed by atoms with van der Waals surface area (Å²) >= 11 is 0. The van der Waals surface area contributed by atoms with Crippen molar-refractivity contribution in [3.05, 3.63) is 59.7 Å². The number of sulfonamides is 1. The molecule has 1 spiro atoms. The smallest absolute Gasteiger partial charge is 0.245 e. The molecule has 0 aromatic heterocycles. The highest BCUT2D eigenvalue weighted by molar-refractivity contribution is 7.89. The van der Waals surface area contributed by atoms with Crippen molar-refractivity contribution in [2.24, 2.45) is 5.92 Å². The van der Waals surface area contributed by atoms with Gasteiger partial charge in [-0.25, -0.2) is 13.5 Å². The predicted molar refractivity (Wildman–Crippen MR) is 95.1 cm³/mol. The van der Waals surface area contributed by atoms with Crippen LogP contribution in [0.5, 0.6) is 0 Å². The van der Waals surface area contributed by atoms with E-state index in [0.717, 1.165) is 5.56 Å². The highest BCUT2D eigenvalue weighted by Crippen LogP contribution is 2.54. The number of hydrogen-bond acceptors (Lipinski definition) is 5. The average Bonchev–Trinajstić information content (AvgIpc) is 3.25. The van der Waals surface area contributed by atoms with E-state index in [2.05, 4.69) is 0 Å². The molecule has 3 aliphatic heterocycles. The molecular weight excluding hydrogens is 352 g/mol.